The summed E-state index contributed by atoms with van der Waals surface area (Å²) in [4.78, 5) is 0. The zero-order valence-corrected chi connectivity index (χ0v) is 16.7. The summed E-state index contributed by atoms with van der Waals surface area (Å²) >= 11 is 8.59. The first-order valence-corrected chi connectivity index (χ1v) is 11.2. The smallest absolute Gasteiger partial charge is 0.241 e. The minimum Gasteiger partial charge on any atom is -0.241 e. The number of rotatable bonds is 10. The van der Waals surface area contributed by atoms with Crippen molar-refractivity contribution in [3.8, 4) is 0 Å². The molecule has 1 unspecified atom stereocenters. The second-order valence-corrected chi connectivity index (χ2v) is 10.5. The van der Waals surface area contributed by atoms with Gasteiger partial charge in [0.2, 0.25) is 0 Å². The highest BCUT2D eigenvalue weighted by atomic mass is 35.7. The molecule has 0 amide bonds. The van der Waals surface area contributed by atoms with Crippen molar-refractivity contribution in [3.05, 3.63) is 0 Å². The number of alkyl halides is 17. The van der Waals surface area contributed by atoms with E-state index >= 15 is 0 Å². The van der Waals surface area contributed by atoms with Crippen molar-refractivity contribution in [1.82, 2.24) is 0 Å². The van der Waals surface area contributed by atoms with Crippen LogP contribution in [0.4, 0.5) is 74.6 Å². The van der Waals surface area contributed by atoms with Crippen LogP contribution >= 0.6 is 22.2 Å². The molecule has 0 aliphatic heterocycles. The van der Waals surface area contributed by atoms with Crippen LogP contribution in [-0.4, -0.2) is 60.6 Å². The highest BCUT2D eigenvalue weighted by Gasteiger charge is 2.95. The first-order chi connectivity index (χ1) is 13.2. The molecule has 0 aliphatic carbocycles. The van der Waals surface area contributed by atoms with Gasteiger partial charge in [0.15, 0.2) is 6.17 Å². The summed E-state index contributed by atoms with van der Waals surface area (Å²) < 4.78 is 226. The fourth-order valence-corrected chi connectivity index (χ4v) is 3.07. The Hall–Kier alpha value is -0.393. The van der Waals surface area contributed by atoms with E-state index in [2.05, 4.69) is 22.2 Å². The lowest BCUT2D eigenvalue weighted by atomic mass is 9.87. The molecule has 0 saturated heterocycles. The van der Waals surface area contributed by atoms with E-state index in [1.165, 1.54) is 0 Å². The maximum atomic E-state index is 13.4. The average Bonchev–Trinajstić information content (AvgIpc) is 2.59. The Bertz CT molecular complexity index is 646. The molecular weight excluding hydrogens is 554 g/mol. The maximum absolute atomic E-state index is 13.4. The molecule has 0 rings (SSSR count). The average molecular weight is 561 g/mol. The molecule has 0 aromatic carbocycles. The third-order valence-corrected chi connectivity index (χ3v) is 6.39. The first-order valence-electron chi connectivity index (χ1n) is 7.12. The van der Waals surface area contributed by atoms with Crippen LogP contribution in [0, 0.1) is 0 Å². The van der Waals surface area contributed by atoms with E-state index in [-0.39, 0.29) is 6.92 Å². The molecule has 1 atom stereocenters. The molecule has 188 valence electrons. The molecule has 0 aliphatic rings. The summed E-state index contributed by atoms with van der Waals surface area (Å²) in [5.74, 6) is -56.5. The van der Waals surface area contributed by atoms with Gasteiger partial charge in [-0.05, 0) is 6.42 Å². The van der Waals surface area contributed by atoms with Crippen LogP contribution in [0.15, 0.2) is 0 Å². The fraction of sp³-hybridized carbons (Fsp3) is 1.00. The summed E-state index contributed by atoms with van der Waals surface area (Å²) in [6.07, 6.45) is -6.26. The molecule has 0 N–H and O–H groups in total. The highest BCUT2D eigenvalue weighted by Crippen LogP contribution is 2.64. The lowest BCUT2D eigenvalue weighted by molar-refractivity contribution is -0.451. The topological polar surface area (TPSA) is 0 Å². The molecule has 0 aromatic heterocycles. The van der Waals surface area contributed by atoms with Crippen molar-refractivity contribution < 1.29 is 74.6 Å². The van der Waals surface area contributed by atoms with Gasteiger partial charge in [-0.15, -0.1) is 22.2 Å². The molecule has 0 fully saturated rings. The summed E-state index contributed by atoms with van der Waals surface area (Å²) in [5.41, 5.74) is -6.63. The summed E-state index contributed by atoms with van der Waals surface area (Å²) in [6, 6.07) is 0. The first kappa shape index (κ1) is 30.6. The second-order valence-electron chi connectivity index (χ2n) is 5.87. The van der Waals surface area contributed by atoms with E-state index < -0.39 is 67.0 Å². The molecule has 0 nitrogen and oxygen atoms in total. The van der Waals surface area contributed by atoms with Crippen LogP contribution in [-0.2, 0) is 0 Å². The Morgan fingerprint density at radius 3 is 1.06 bits per heavy atom. The maximum Gasteiger partial charge on any atom is 0.385 e. The highest BCUT2D eigenvalue weighted by molar-refractivity contribution is 7.34. The van der Waals surface area contributed by atoms with Crippen molar-refractivity contribution in [2.75, 3.05) is 0 Å². The van der Waals surface area contributed by atoms with Crippen molar-refractivity contribution in [2.45, 2.75) is 66.5 Å². The van der Waals surface area contributed by atoms with Crippen LogP contribution in [0.25, 0.3) is 0 Å². The minimum atomic E-state index is -8.58. The lowest BCUT2D eigenvalue weighted by Gasteiger charge is -2.44. The van der Waals surface area contributed by atoms with Gasteiger partial charge in [-0.2, -0.15) is 61.5 Å². The van der Waals surface area contributed by atoms with Crippen molar-refractivity contribution in [3.63, 3.8) is 0 Å². The van der Waals surface area contributed by atoms with Gasteiger partial charge in [0.25, 0.3) is 0 Å². The van der Waals surface area contributed by atoms with Crippen LogP contribution in [0.5, 0.6) is 0 Å². The van der Waals surface area contributed by atoms with Gasteiger partial charge in [-0.1, -0.05) is 6.92 Å². The standard InChI is InChI=1S/C11H7Cl2F17Si/c1-2-3(14)4(15,16)5(17,18)6(19,20)7(21,22)8(23,24)9(25,26)10(27,28)11(29,30)31(12)13/h3,31H,2H2,1H3. The van der Waals surface area contributed by atoms with Crippen LogP contribution in [0.2, 0.25) is 0 Å². The normalized spacial score (nSPS) is 17.3. The van der Waals surface area contributed by atoms with Crippen LogP contribution in [0.3, 0.4) is 0 Å². The van der Waals surface area contributed by atoms with Gasteiger partial charge in [-0.25, -0.2) is 13.2 Å². The molecule has 0 saturated carbocycles. The lowest BCUT2D eigenvalue weighted by Crippen LogP contribution is -2.76. The Labute approximate surface area is 171 Å². The van der Waals surface area contributed by atoms with Crippen LogP contribution < -0.4 is 0 Å². The Morgan fingerprint density at radius 1 is 0.548 bits per heavy atom. The Balaban J connectivity index is 6.84. The van der Waals surface area contributed by atoms with E-state index in [9.17, 15) is 74.6 Å². The van der Waals surface area contributed by atoms with E-state index in [0.29, 0.717) is 0 Å². The largest absolute Gasteiger partial charge is 0.385 e. The molecule has 0 aromatic rings. The van der Waals surface area contributed by atoms with Gasteiger partial charge in [0.05, 0.1) is 0 Å². The summed E-state index contributed by atoms with van der Waals surface area (Å²) in [5, 5.41) is 0. The summed E-state index contributed by atoms with van der Waals surface area (Å²) in [7, 11) is -5.55. The van der Waals surface area contributed by atoms with Gasteiger partial charge < -0.3 is 0 Å². The third-order valence-electron chi connectivity index (χ3n) is 3.83. The minimum absolute atomic E-state index is 0.259. The number of halogens is 19. The van der Waals surface area contributed by atoms with Crippen molar-refractivity contribution >= 4 is 29.6 Å². The molecule has 0 spiro atoms. The molecule has 0 heterocycles. The number of hydrogen-bond acceptors (Lipinski definition) is 0. The van der Waals surface area contributed by atoms with Crippen molar-refractivity contribution in [1.29, 1.82) is 0 Å². The molecular formula is C11H7Cl2F17Si. The second kappa shape index (κ2) is 8.13. The molecule has 31 heavy (non-hydrogen) atoms. The van der Waals surface area contributed by atoms with Crippen LogP contribution in [0.1, 0.15) is 13.3 Å². The summed E-state index contributed by atoms with van der Waals surface area (Å²) in [6.45, 7) is 0.259. The monoisotopic (exact) mass is 560 g/mol. The zero-order valence-electron chi connectivity index (χ0n) is 14.0. The fourth-order valence-electron chi connectivity index (χ4n) is 1.80. The van der Waals surface area contributed by atoms with Crippen molar-refractivity contribution in [2.24, 2.45) is 0 Å². The Kier molecular flexibility index (Phi) is 8.02. The number of hydrogen-bond donors (Lipinski definition) is 0. The predicted octanol–water partition coefficient (Wildman–Crippen LogP) is 7.05. The van der Waals surface area contributed by atoms with E-state index in [1.54, 1.807) is 0 Å². The quantitative estimate of drug-likeness (QED) is 0.152. The SMILES string of the molecule is CCC(F)C(F)(F)C(F)(F)C(F)(F)C(F)(F)C(F)(F)C(F)(F)C(F)(F)C(F)(F)[SiH](Cl)Cl. The van der Waals surface area contributed by atoms with Gasteiger partial charge in [0.1, 0.15) is 0 Å². The van der Waals surface area contributed by atoms with Gasteiger partial charge in [-0.3, -0.25) is 0 Å². The van der Waals surface area contributed by atoms with Gasteiger partial charge in [0, 0.05) is 0 Å². The van der Waals surface area contributed by atoms with E-state index in [4.69, 9.17) is 0 Å². The zero-order chi connectivity index (χ0) is 25.9. The van der Waals surface area contributed by atoms with E-state index in [1.807, 2.05) is 0 Å². The molecule has 0 bridgehead atoms. The Morgan fingerprint density at radius 2 is 0.806 bits per heavy atom. The molecule has 0 radical (unpaired) electrons. The van der Waals surface area contributed by atoms with E-state index in [0.717, 1.165) is 0 Å². The van der Waals surface area contributed by atoms with Gasteiger partial charge >= 0.3 is 54.4 Å². The predicted molar refractivity (Wildman–Crippen MR) is 73.6 cm³/mol. The molecule has 20 heteroatoms. The third kappa shape index (κ3) is 3.84.